The average molecular weight is 290 g/mol. The van der Waals surface area contributed by atoms with Crippen LogP contribution >= 0.6 is 0 Å². The average Bonchev–Trinajstić information content (AvgIpc) is 2.87. The van der Waals surface area contributed by atoms with E-state index in [1.165, 1.54) is 0 Å². The molecule has 2 aliphatic heterocycles. The lowest BCUT2D eigenvalue weighted by Gasteiger charge is -2.33. The molecule has 1 aromatic rings. The number of aliphatic carboxylic acids is 1. The Hall–Kier alpha value is -1.95. The normalized spacial score (nSPS) is 28.2. The van der Waals surface area contributed by atoms with Crippen LogP contribution in [0.1, 0.15) is 22.6 Å². The summed E-state index contributed by atoms with van der Waals surface area (Å²) in [5.74, 6) is -1.17. The van der Waals surface area contributed by atoms with E-state index in [0.717, 1.165) is 5.69 Å². The number of ether oxygens (including phenoxy) is 1. The van der Waals surface area contributed by atoms with E-state index in [1.807, 2.05) is 13.0 Å². The van der Waals surface area contributed by atoms with Crippen LogP contribution in [0.2, 0.25) is 0 Å². The summed E-state index contributed by atoms with van der Waals surface area (Å²) < 4.78 is 5.39. The van der Waals surface area contributed by atoms with Gasteiger partial charge in [-0.15, -0.1) is 0 Å². The third-order valence-corrected chi connectivity index (χ3v) is 4.53. The van der Waals surface area contributed by atoms with Crippen molar-refractivity contribution in [2.45, 2.75) is 13.3 Å². The van der Waals surface area contributed by atoms with Gasteiger partial charge in [0.15, 0.2) is 0 Å². The first-order valence-corrected chi connectivity index (χ1v) is 7.07. The van der Waals surface area contributed by atoms with Gasteiger partial charge in [-0.2, -0.15) is 0 Å². The van der Waals surface area contributed by atoms with Gasteiger partial charge >= 0.3 is 5.97 Å². The van der Waals surface area contributed by atoms with Crippen LogP contribution in [0.5, 0.6) is 0 Å². The summed E-state index contributed by atoms with van der Waals surface area (Å²) in [6.45, 7) is 3.32. The Morgan fingerprint density at radius 1 is 1.48 bits per heavy atom. The topological polar surface area (TPSA) is 79.7 Å². The molecular formula is C15H18N2O4. The molecule has 1 aromatic heterocycles. The number of nitrogens with zero attached hydrogens (tertiary/aromatic N) is 2. The molecular weight excluding hydrogens is 272 g/mol. The predicted octanol–water partition coefficient (Wildman–Crippen LogP) is 0.953. The van der Waals surface area contributed by atoms with Gasteiger partial charge in [0.25, 0.3) is 5.91 Å². The molecule has 21 heavy (non-hydrogen) atoms. The van der Waals surface area contributed by atoms with Gasteiger partial charge in [-0.05, 0) is 25.5 Å². The highest BCUT2D eigenvalue weighted by Crippen LogP contribution is 2.42. The summed E-state index contributed by atoms with van der Waals surface area (Å²) in [5, 5.41) is 9.60. The lowest BCUT2D eigenvalue weighted by molar-refractivity contribution is -0.157. The number of aryl methyl sites for hydroxylation is 1. The highest BCUT2D eigenvalue weighted by Gasteiger charge is 2.55. The minimum atomic E-state index is -0.863. The van der Waals surface area contributed by atoms with E-state index in [0.29, 0.717) is 31.9 Å². The smallest absolute Gasteiger partial charge is 0.311 e. The minimum absolute atomic E-state index is 0.141. The standard InChI is InChI=1S/C15H18N2O4/c1-10-3-2-4-12(16-10)13(18)17-7-11-8-21-6-5-15(11,9-17)14(19)20/h2-4,11H,5-9H2,1H3,(H,19,20)/t11-,15+/m0/s1. The summed E-state index contributed by atoms with van der Waals surface area (Å²) in [6, 6.07) is 5.28. The van der Waals surface area contributed by atoms with E-state index >= 15 is 0 Å². The molecule has 2 atom stereocenters. The van der Waals surface area contributed by atoms with Crippen molar-refractivity contribution in [1.82, 2.24) is 9.88 Å². The maximum atomic E-state index is 12.5. The highest BCUT2D eigenvalue weighted by atomic mass is 16.5. The molecule has 0 saturated carbocycles. The second kappa shape index (κ2) is 5.11. The van der Waals surface area contributed by atoms with Crippen LogP contribution in [0.3, 0.4) is 0 Å². The monoisotopic (exact) mass is 290 g/mol. The molecule has 0 aromatic carbocycles. The molecule has 0 bridgehead atoms. The Morgan fingerprint density at radius 2 is 2.29 bits per heavy atom. The van der Waals surface area contributed by atoms with Crippen molar-refractivity contribution < 1.29 is 19.4 Å². The van der Waals surface area contributed by atoms with Gasteiger partial charge in [-0.3, -0.25) is 9.59 Å². The molecule has 2 fully saturated rings. The second-order valence-electron chi connectivity index (χ2n) is 5.83. The largest absolute Gasteiger partial charge is 0.481 e. The molecule has 0 spiro atoms. The first-order valence-electron chi connectivity index (χ1n) is 7.07. The Bertz CT molecular complexity index is 589. The Labute approximate surface area is 122 Å². The number of fused-ring (bicyclic) bond motifs is 1. The molecule has 6 heteroatoms. The number of hydrogen-bond acceptors (Lipinski definition) is 4. The van der Waals surface area contributed by atoms with Crippen LogP contribution in [0.15, 0.2) is 18.2 Å². The van der Waals surface area contributed by atoms with Crippen LogP contribution in [-0.4, -0.2) is 53.2 Å². The number of hydrogen-bond donors (Lipinski definition) is 1. The number of carbonyl (C=O) groups excluding carboxylic acids is 1. The number of carbonyl (C=O) groups is 2. The highest BCUT2D eigenvalue weighted by molar-refractivity contribution is 5.93. The van der Waals surface area contributed by atoms with E-state index in [1.54, 1.807) is 17.0 Å². The number of amides is 1. The zero-order valence-corrected chi connectivity index (χ0v) is 11.9. The first kappa shape index (κ1) is 14.0. The molecule has 0 unspecified atom stereocenters. The fourth-order valence-corrected chi connectivity index (χ4v) is 3.28. The van der Waals surface area contributed by atoms with Crippen molar-refractivity contribution in [3.8, 4) is 0 Å². The fraction of sp³-hybridized carbons (Fsp3) is 0.533. The lowest BCUT2D eigenvalue weighted by atomic mass is 9.74. The third-order valence-electron chi connectivity index (χ3n) is 4.53. The summed E-state index contributed by atoms with van der Waals surface area (Å²) >= 11 is 0. The van der Waals surface area contributed by atoms with Crippen LogP contribution in [0.25, 0.3) is 0 Å². The fourth-order valence-electron chi connectivity index (χ4n) is 3.28. The summed E-state index contributed by atoms with van der Waals surface area (Å²) in [7, 11) is 0. The summed E-state index contributed by atoms with van der Waals surface area (Å²) in [4.78, 5) is 30.1. The van der Waals surface area contributed by atoms with Crippen molar-refractivity contribution in [2.75, 3.05) is 26.3 Å². The lowest BCUT2D eigenvalue weighted by Crippen LogP contribution is -2.45. The van der Waals surface area contributed by atoms with Crippen LogP contribution in [-0.2, 0) is 9.53 Å². The number of likely N-dealkylation sites (tertiary alicyclic amines) is 1. The van der Waals surface area contributed by atoms with E-state index in [9.17, 15) is 14.7 Å². The van der Waals surface area contributed by atoms with Crippen LogP contribution in [0.4, 0.5) is 0 Å². The van der Waals surface area contributed by atoms with Crippen LogP contribution < -0.4 is 0 Å². The third kappa shape index (κ3) is 2.29. The van der Waals surface area contributed by atoms with E-state index < -0.39 is 11.4 Å². The molecule has 112 valence electrons. The van der Waals surface area contributed by atoms with E-state index in [4.69, 9.17) is 4.74 Å². The Kier molecular flexibility index (Phi) is 3.41. The van der Waals surface area contributed by atoms with E-state index in [-0.39, 0.29) is 18.4 Å². The summed E-state index contributed by atoms with van der Waals surface area (Å²) in [6.07, 6.45) is 0.456. The molecule has 2 saturated heterocycles. The number of rotatable bonds is 2. The molecule has 0 radical (unpaired) electrons. The zero-order valence-electron chi connectivity index (χ0n) is 11.9. The first-order chi connectivity index (χ1) is 10.0. The van der Waals surface area contributed by atoms with Gasteiger partial charge in [0, 0.05) is 31.3 Å². The maximum Gasteiger partial charge on any atom is 0.311 e. The molecule has 0 aliphatic carbocycles. The molecule has 2 aliphatic rings. The zero-order chi connectivity index (χ0) is 15.0. The van der Waals surface area contributed by atoms with E-state index in [2.05, 4.69) is 4.98 Å². The van der Waals surface area contributed by atoms with Gasteiger partial charge < -0.3 is 14.7 Å². The van der Waals surface area contributed by atoms with Crippen molar-refractivity contribution in [3.05, 3.63) is 29.6 Å². The number of carboxylic acid groups (broad SMARTS) is 1. The Morgan fingerprint density at radius 3 is 2.95 bits per heavy atom. The minimum Gasteiger partial charge on any atom is -0.481 e. The van der Waals surface area contributed by atoms with Crippen molar-refractivity contribution in [3.63, 3.8) is 0 Å². The van der Waals surface area contributed by atoms with Gasteiger partial charge in [0.05, 0.1) is 12.0 Å². The van der Waals surface area contributed by atoms with Gasteiger partial charge in [-0.25, -0.2) is 4.98 Å². The SMILES string of the molecule is Cc1cccc(C(=O)N2C[C@H]3COCC[C@@]3(C(=O)O)C2)n1. The molecule has 3 rings (SSSR count). The van der Waals surface area contributed by atoms with Crippen LogP contribution in [0, 0.1) is 18.3 Å². The molecule has 3 heterocycles. The predicted molar refractivity (Wildman–Crippen MR) is 73.9 cm³/mol. The van der Waals surface area contributed by atoms with Crippen molar-refractivity contribution >= 4 is 11.9 Å². The Balaban J connectivity index is 1.85. The molecule has 1 amide bonds. The van der Waals surface area contributed by atoms with Crippen molar-refractivity contribution in [2.24, 2.45) is 11.3 Å². The van der Waals surface area contributed by atoms with Gasteiger partial charge in [0.2, 0.25) is 0 Å². The molecule has 6 nitrogen and oxygen atoms in total. The summed E-state index contributed by atoms with van der Waals surface area (Å²) in [5.41, 5.74) is 0.279. The number of pyridine rings is 1. The number of carboxylic acids is 1. The maximum absolute atomic E-state index is 12.5. The quantitative estimate of drug-likeness (QED) is 0.877. The van der Waals surface area contributed by atoms with Gasteiger partial charge in [-0.1, -0.05) is 6.07 Å². The second-order valence-corrected chi connectivity index (χ2v) is 5.83. The molecule has 1 N–H and O–H groups in total. The van der Waals surface area contributed by atoms with Crippen molar-refractivity contribution in [1.29, 1.82) is 0 Å². The van der Waals surface area contributed by atoms with Gasteiger partial charge in [0.1, 0.15) is 5.69 Å². The number of aromatic nitrogens is 1.